The van der Waals surface area contributed by atoms with E-state index in [0.717, 1.165) is 24.3 Å². The molecule has 1 amide bonds. The number of aromatic nitrogens is 2. The number of rotatable bonds is 6. The number of nitrogens with zero attached hydrogens (tertiary/aromatic N) is 2. The number of fused-ring (bicyclic) bond motifs is 1. The molecule has 0 radical (unpaired) electrons. The zero-order chi connectivity index (χ0) is 28.0. The molecule has 1 aromatic heterocycles. The summed E-state index contributed by atoms with van der Waals surface area (Å²) < 4.78 is 66.0. The van der Waals surface area contributed by atoms with Crippen LogP contribution in [0.3, 0.4) is 0 Å². The van der Waals surface area contributed by atoms with Gasteiger partial charge in [-0.3, -0.25) is 13.9 Å². The van der Waals surface area contributed by atoms with Crippen molar-refractivity contribution in [1.29, 1.82) is 0 Å². The third-order valence-corrected chi connectivity index (χ3v) is 7.66. The summed E-state index contributed by atoms with van der Waals surface area (Å²) >= 11 is 17.8. The quantitative estimate of drug-likeness (QED) is 0.0861. The molecule has 0 spiro atoms. The van der Waals surface area contributed by atoms with Gasteiger partial charge < -0.3 is 15.7 Å². The highest BCUT2D eigenvalue weighted by Gasteiger charge is 2.25. The van der Waals surface area contributed by atoms with Gasteiger partial charge in [-0.1, -0.05) is 29.3 Å². The number of anilines is 3. The number of amides is 1. The molecule has 0 fully saturated rings. The van der Waals surface area contributed by atoms with Crippen molar-refractivity contribution in [2.75, 3.05) is 10.6 Å². The van der Waals surface area contributed by atoms with Crippen molar-refractivity contribution in [1.82, 2.24) is 9.97 Å². The van der Waals surface area contributed by atoms with Gasteiger partial charge in [0, 0.05) is 16.6 Å². The zero-order valence-electron chi connectivity index (χ0n) is 18.3. The summed E-state index contributed by atoms with van der Waals surface area (Å²) in [5.74, 6) is -1.64. The van der Waals surface area contributed by atoms with E-state index in [1.165, 1.54) is 18.2 Å². The Labute approximate surface area is 229 Å². The molecular weight excluding hydrogens is 607 g/mol. The van der Waals surface area contributed by atoms with E-state index in [4.69, 9.17) is 34.8 Å². The molecule has 3 aromatic carbocycles. The molecule has 0 aliphatic carbocycles. The van der Waals surface area contributed by atoms with Crippen LogP contribution < -0.4 is 10.6 Å². The van der Waals surface area contributed by atoms with Gasteiger partial charge in [0.15, 0.2) is 11.0 Å². The van der Waals surface area contributed by atoms with Gasteiger partial charge in [-0.25, -0.2) is 4.98 Å². The van der Waals surface area contributed by atoms with Gasteiger partial charge in [0.25, 0.3) is 26.1 Å². The van der Waals surface area contributed by atoms with Gasteiger partial charge in [-0.05, 0) is 59.5 Å². The Morgan fingerprint density at radius 1 is 0.895 bits per heavy atom. The van der Waals surface area contributed by atoms with Gasteiger partial charge in [-0.2, -0.15) is 21.8 Å². The predicted molar refractivity (Wildman–Crippen MR) is 140 cm³/mol. The van der Waals surface area contributed by atoms with Crippen molar-refractivity contribution in [2.24, 2.45) is 0 Å². The second-order valence-corrected chi connectivity index (χ2v) is 11.4. The lowest BCUT2D eigenvalue weighted by molar-refractivity contribution is 0.102. The SMILES string of the molecule is O=C(Nc1c(S(=O)(=O)O)cc2cc(S(=O)(=O)O)ccc2c1O)c1cccc(Nc2nc(Cl)nc(Cl)c2Cl)c1. The first kappa shape index (κ1) is 27.8. The van der Waals surface area contributed by atoms with Crippen molar-refractivity contribution in [3.8, 4) is 5.75 Å². The molecule has 4 rings (SSSR count). The average Bonchev–Trinajstić information content (AvgIpc) is 2.82. The maximum absolute atomic E-state index is 13.0. The van der Waals surface area contributed by atoms with Crippen LogP contribution in [0.25, 0.3) is 10.8 Å². The molecule has 0 atom stereocenters. The summed E-state index contributed by atoms with van der Waals surface area (Å²) in [6.07, 6.45) is 0. The van der Waals surface area contributed by atoms with Crippen LogP contribution >= 0.6 is 34.8 Å². The second-order valence-electron chi connectivity index (χ2n) is 7.54. The summed E-state index contributed by atoms with van der Waals surface area (Å²) in [5.41, 5.74) is -0.402. The number of phenols is 1. The largest absolute Gasteiger partial charge is 0.505 e. The van der Waals surface area contributed by atoms with E-state index in [2.05, 4.69) is 20.6 Å². The number of aromatic hydroxyl groups is 1. The van der Waals surface area contributed by atoms with Crippen LogP contribution in [0, 0.1) is 0 Å². The highest BCUT2D eigenvalue weighted by atomic mass is 35.5. The lowest BCUT2D eigenvalue weighted by Gasteiger charge is -2.15. The fraction of sp³-hybridized carbons (Fsp3) is 0. The van der Waals surface area contributed by atoms with E-state index >= 15 is 0 Å². The molecule has 0 aliphatic heterocycles. The molecule has 5 N–H and O–H groups in total. The first-order valence-electron chi connectivity index (χ1n) is 9.97. The van der Waals surface area contributed by atoms with E-state index in [1.54, 1.807) is 6.07 Å². The Morgan fingerprint density at radius 2 is 1.61 bits per heavy atom. The third-order valence-electron chi connectivity index (χ3n) is 5.03. The fourth-order valence-corrected chi connectivity index (χ4v) is 5.07. The van der Waals surface area contributed by atoms with E-state index in [-0.39, 0.29) is 37.6 Å². The minimum atomic E-state index is -5.04. The number of benzene rings is 3. The molecule has 0 bridgehead atoms. The molecule has 12 nitrogen and oxygen atoms in total. The topological polar surface area (TPSA) is 196 Å². The first-order valence-corrected chi connectivity index (χ1v) is 14.0. The first-order chi connectivity index (χ1) is 17.6. The number of carbonyl (C=O) groups is 1. The van der Waals surface area contributed by atoms with Gasteiger partial charge >= 0.3 is 0 Å². The van der Waals surface area contributed by atoms with Crippen molar-refractivity contribution < 1.29 is 35.8 Å². The number of carbonyl (C=O) groups excluding carboxylic acids is 1. The number of nitrogens with one attached hydrogen (secondary N) is 2. The van der Waals surface area contributed by atoms with Crippen molar-refractivity contribution in [3.63, 3.8) is 0 Å². The lowest BCUT2D eigenvalue weighted by atomic mass is 10.1. The highest BCUT2D eigenvalue weighted by Crippen LogP contribution is 2.39. The predicted octanol–water partition coefficient (Wildman–Crippen LogP) is 4.78. The molecular formula is C21H13Cl3N4O8S2. The van der Waals surface area contributed by atoms with E-state index in [9.17, 15) is 35.8 Å². The monoisotopic (exact) mass is 618 g/mol. The third kappa shape index (κ3) is 5.76. The standard InChI is InChI=1S/C21H13Cl3N4O8S2/c22-15-18(23)27-21(24)28-19(15)25-11-3-1-2-9(6-11)20(30)26-16-14(38(34,35)36)8-10-7-12(37(31,32)33)4-5-13(10)17(16)29/h1-8,29H,(H,26,30)(H,25,27,28)(H,31,32,33)(H,34,35,36). The summed E-state index contributed by atoms with van der Waals surface area (Å²) in [7, 11) is -9.69. The maximum atomic E-state index is 13.0. The normalized spacial score (nSPS) is 11.9. The zero-order valence-corrected chi connectivity index (χ0v) is 22.2. The maximum Gasteiger partial charge on any atom is 0.296 e. The molecule has 38 heavy (non-hydrogen) atoms. The van der Waals surface area contributed by atoms with Gasteiger partial charge in [0.1, 0.15) is 21.4 Å². The van der Waals surface area contributed by atoms with Crippen LogP contribution in [0.2, 0.25) is 15.5 Å². The van der Waals surface area contributed by atoms with Crippen molar-refractivity contribution in [2.45, 2.75) is 9.79 Å². The summed E-state index contributed by atoms with van der Waals surface area (Å²) in [5, 5.41) is 15.2. The summed E-state index contributed by atoms with van der Waals surface area (Å²) in [6.45, 7) is 0. The minimum Gasteiger partial charge on any atom is -0.505 e. The van der Waals surface area contributed by atoms with E-state index < -0.39 is 47.4 Å². The number of hydrogen-bond donors (Lipinski definition) is 5. The summed E-state index contributed by atoms with van der Waals surface area (Å²) in [6, 6.07) is 9.47. The van der Waals surface area contributed by atoms with Crippen LogP contribution in [0.5, 0.6) is 5.75 Å². The molecule has 0 saturated carbocycles. The lowest BCUT2D eigenvalue weighted by Crippen LogP contribution is -2.15. The average molecular weight is 620 g/mol. The van der Waals surface area contributed by atoms with Gasteiger partial charge in [-0.15, -0.1) is 0 Å². The number of halogens is 3. The van der Waals surface area contributed by atoms with Crippen LogP contribution in [0.15, 0.2) is 58.3 Å². The molecule has 0 aliphatic rings. The smallest absolute Gasteiger partial charge is 0.296 e. The molecule has 1 heterocycles. The Morgan fingerprint density at radius 3 is 2.26 bits per heavy atom. The molecule has 4 aromatic rings. The van der Waals surface area contributed by atoms with Crippen molar-refractivity contribution >= 4 is 88.9 Å². The van der Waals surface area contributed by atoms with Crippen LogP contribution in [0.4, 0.5) is 17.2 Å². The molecule has 17 heteroatoms. The van der Waals surface area contributed by atoms with Gasteiger partial charge in [0.05, 0.1) is 4.90 Å². The Bertz CT molecular complexity index is 1850. The fourth-order valence-electron chi connectivity index (χ4n) is 3.36. The molecule has 0 unspecified atom stereocenters. The highest BCUT2D eigenvalue weighted by molar-refractivity contribution is 7.86. The second kappa shape index (κ2) is 10.1. The van der Waals surface area contributed by atoms with E-state index in [0.29, 0.717) is 5.69 Å². The number of phenolic OH excluding ortho intramolecular Hbond substituents is 1. The summed E-state index contributed by atoms with van der Waals surface area (Å²) in [4.78, 5) is 19.1. The Hall–Kier alpha value is -3.24. The molecule has 0 saturated heterocycles. The van der Waals surface area contributed by atoms with Crippen LogP contribution in [-0.2, 0) is 20.2 Å². The van der Waals surface area contributed by atoms with E-state index in [1.807, 2.05) is 0 Å². The van der Waals surface area contributed by atoms with Crippen LogP contribution in [0.1, 0.15) is 10.4 Å². The minimum absolute atomic E-state index is 0.0279. The van der Waals surface area contributed by atoms with Gasteiger partial charge in [0.2, 0.25) is 5.28 Å². The number of hydrogen-bond acceptors (Lipinski definition) is 9. The molecule has 198 valence electrons. The van der Waals surface area contributed by atoms with Crippen LogP contribution in [-0.4, -0.2) is 46.9 Å². The Balaban J connectivity index is 1.74. The van der Waals surface area contributed by atoms with Crippen molar-refractivity contribution in [3.05, 3.63) is 69.6 Å². The Kier molecular flexibility index (Phi) is 7.42.